The molecule has 0 radical (unpaired) electrons. The van der Waals surface area contributed by atoms with Crippen LogP contribution < -0.4 is 4.90 Å². The maximum atomic E-state index is 15.0. The van der Waals surface area contributed by atoms with E-state index in [0.717, 1.165) is 12.1 Å². The molecule has 9 nitrogen and oxygen atoms in total. The van der Waals surface area contributed by atoms with Crippen LogP contribution in [0.3, 0.4) is 0 Å². The Kier molecular flexibility index (Phi) is 8.28. The summed E-state index contributed by atoms with van der Waals surface area (Å²) in [5.41, 5.74) is -0.0997. The topological polar surface area (TPSA) is 105 Å². The first-order valence-corrected chi connectivity index (χ1v) is 14.4. The molecule has 0 bridgehead atoms. The average Bonchev–Trinajstić information content (AvgIpc) is 3.47. The van der Waals surface area contributed by atoms with Crippen molar-refractivity contribution in [1.82, 2.24) is 14.7 Å². The van der Waals surface area contributed by atoms with Crippen LogP contribution in [0, 0.1) is 17.0 Å². The van der Waals surface area contributed by atoms with Gasteiger partial charge in [0.25, 0.3) is 0 Å². The highest BCUT2D eigenvalue weighted by Gasteiger charge is 2.47. The molecule has 5 rings (SSSR count). The van der Waals surface area contributed by atoms with Crippen molar-refractivity contribution in [1.29, 1.82) is 0 Å². The summed E-state index contributed by atoms with van der Waals surface area (Å²) in [6.45, 7) is 7.35. The van der Waals surface area contributed by atoms with Crippen molar-refractivity contribution >= 4 is 46.9 Å². The highest BCUT2D eigenvalue weighted by molar-refractivity contribution is 6.33. The molecule has 43 heavy (non-hydrogen) atoms. The normalized spacial score (nSPS) is 17.0. The number of carbonyl (C=O) groups is 3. The van der Waals surface area contributed by atoms with Crippen LogP contribution in [0.5, 0.6) is 0 Å². The lowest BCUT2D eigenvalue weighted by atomic mass is 9.91. The lowest BCUT2D eigenvalue weighted by Gasteiger charge is -2.37. The number of ether oxygens (including phenoxy) is 1. The average molecular weight is 635 g/mol. The van der Waals surface area contributed by atoms with E-state index in [1.807, 2.05) is 20.8 Å². The number of carboxylic acids is 1. The number of carboxylic acid groups (broad SMARTS) is 1. The van der Waals surface area contributed by atoms with Crippen molar-refractivity contribution in [2.75, 3.05) is 24.5 Å². The monoisotopic (exact) mass is 634 g/mol. The van der Waals surface area contributed by atoms with Crippen LogP contribution >= 0.6 is 23.2 Å². The maximum Gasteiger partial charge on any atom is 0.415 e. The van der Waals surface area contributed by atoms with Gasteiger partial charge in [0, 0.05) is 61.9 Å². The zero-order chi connectivity index (χ0) is 31.3. The minimum absolute atomic E-state index is 0.0166. The van der Waals surface area contributed by atoms with Crippen LogP contribution in [-0.2, 0) is 11.3 Å². The predicted octanol–water partition coefficient (Wildman–Crippen LogP) is 6.90. The number of carbonyl (C=O) groups excluding carboxylic acids is 2. The van der Waals surface area contributed by atoms with Crippen molar-refractivity contribution in [3.63, 3.8) is 0 Å². The Bertz CT molecular complexity index is 1610. The van der Waals surface area contributed by atoms with Crippen LogP contribution in [0.4, 0.5) is 19.3 Å². The van der Waals surface area contributed by atoms with Gasteiger partial charge in [0.2, 0.25) is 5.91 Å². The molecule has 1 amide bonds. The third-order valence-corrected chi connectivity index (χ3v) is 8.22. The molecule has 13 heteroatoms. The summed E-state index contributed by atoms with van der Waals surface area (Å²) < 4.78 is 36.3. The number of piperidine rings is 1. The Morgan fingerprint density at radius 3 is 2.40 bits per heavy atom. The summed E-state index contributed by atoms with van der Waals surface area (Å²) in [6, 6.07) is 6.16. The Hall–Kier alpha value is -3.54. The molecule has 2 saturated heterocycles. The fourth-order valence-electron chi connectivity index (χ4n) is 5.41. The van der Waals surface area contributed by atoms with Gasteiger partial charge in [0.05, 0.1) is 22.2 Å². The van der Waals surface area contributed by atoms with E-state index < -0.39 is 29.3 Å². The second-order valence-electron chi connectivity index (χ2n) is 12.2. The molecule has 2 fully saturated rings. The Labute approximate surface area is 256 Å². The molecule has 228 valence electrons. The summed E-state index contributed by atoms with van der Waals surface area (Å²) in [5, 5.41) is 13.3. The van der Waals surface area contributed by atoms with E-state index in [1.54, 1.807) is 6.20 Å². The van der Waals surface area contributed by atoms with E-state index in [2.05, 4.69) is 10.00 Å². The quantitative estimate of drug-likeness (QED) is 0.294. The summed E-state index contributed by atoms with van der Waals surface area (Å²) in [7, 11) is 0. The highest BCUT2D eigenvalue weighted by Crippen LogP contribution is 2.38. The molecule has 0 saturated carbocycles. The van der Waals surface area contributed by atoms with E-state index in [1.165, 1.54) is 27.8 Å². The van der Waals surface area contributed by atoms with Crippen LogP contribution in [0.15, 0.2) is 36.5 Å². The molecule has 3 aromatic rings. The molecule has 0 aliphatic carbocycles. The van der Waals surface area contributed by atoms with E-state index in [9.17, 15) is 28.3 Å². The molecule has 0 atom stereocenters. The molecule has 1 N–H and O–H groups in total. The van der Waals surface area contributed by atoms with Gasteiger partial charge in [0.15, 0.2) is 0 Å². The summed E-state index contributed by atoms with van der Waals surface area (Å²) >= 11 is 11.9. The molecule has 3 heterocycles. The van der Waals surface area contributed by atoms with E-state index >= 15 is 0 Å². The van der Waals surface area contributed by atoms with Gasteiger partial charge in [0.1, 0.15) is 22.9 Å². The molecular weight excluding hydrogens is 605 g/mol. The largest absolute Gasteiger partial charge is 0.478 e. The number of amides is 1. The Balaban J connectivity index is 1.34. The number of anilines is 1. The number of hydrogen-bond donors (Lipinski definition) is 1. The third-order valence-electron chi connectivity index (χ3n) is 7.62. The maximum absolute atomic E-state index is 15.0. The SMILES string of the molecule is CC(C)(C)CC(=O)n1cc(CN2CCC3(CC2)CN(c2ccc(C(=O)O)c(Cl)c2)C(=O)O3)c(-c2cc(F)c(Cl)cc2F)n1. The number of aromatic nitrogens is 2. The van der Waals surface area contributed by atoms with Gasteiger partial charge in [-0.3, -0.25) is 14.6 Å². The second-order valence-corrected chi connectivity index (χ2v) is 13.0. The number of hydrogen-bond acceptors (Lipinski definition) is 6. The highest BCUT2D eigenvalue weighted by atomic mass is 35.5. The lowest BCUT2D eigenvalue weighted by molar-refractivity contribution is -0.000944. The molecular formula is C30H30Cl2F2N4O5. The molecule has 1 spiro atoms. The smallest absolute Gasteiger partial charge is 0.415 e. The van der Waals surface area contributed by atoms with Gasteiger partial charge in [-0.25, -0.2) is 23.1 Å². The number of nitrogens with zero attached hydrogens (tertiary/aromatic N) is 4. The number of aromatic carboxylic acids is 1. The van der Waals surface area contributed by atoms with Gasteiger partial charge < -0.3 is 9.84 Å². The third kappa shape index (κ3) is 6.53. The second kappa shape index (κ2) is 11.5. The van der Waals surface area contributed by atoms with Gasteiger partial charge in [-0.1, -0.05) is 44.0 Å². The Morgan fingerprint density at radius 1 is 1.07 bits per heavy atom. The lowest BCUT2D eigenvalue weighted by Crippen LogP contribution is -2.46. The molecule has 0 unspecified atom stereocenters. The van der Waals surface area contributed by atoms with E-state index in [0.29, 0.717) is 43.7 Å². The van der Waals surface area contributed by atoms with Crippen LogP contribution in [0.25, 0.3) is 11.3 Å². The van der Waals surface area contributed by atoms with Gasteiger partial charge >= 0.3 is 12.1 Å². The first-order valence-electron chi connectivity index (χ1n) is 13.7. The van der Waals surface area contributed by atoms with Crippen molar-refractivity contribution in [2.24, 2.45) is 5.41 Å². The summed E-state index contributed by atoms with van der Waals surface area (Å²) in [5.74, 6) is -3.00. The number of likely N-dealkylation sites (tertiary alicyclic amines) is 1. The zero-order valence-electron chi connectivity index (χ0n) is 23.8. The van der Waals surface area contributed by atoms with Gasteiger partial charge in [-0.2, -0.15) is 5.10 Å². The number of halogens is 4. The standard InChI is InChI=1S/C30H30Cl2F2N4O5/c1-29(2,3)13-25(39)38-15-17(26(35-38)20-11-24(34)22(32)12-23(20)33)14-36-8-6-30(7-9-36)16-37(28(42)43-30)18-4-5-19(27(40)41)21(31)10-18/h4-5,10-12,15H,6-9,13-14,16H2,1-3H3,(H,40,41). The van der Waals surface area contributed by atoms with E-state index in [4.69, 9.17) is 27.9 Å². The van der Waals surface area contributed by atoms with Gasteiger partial charge in [-0.15, -0.1) is 0 Å². The van der Waals surface area contributed by atoms with Crippen LogP contribution in [0.1, 0.15) is 60.7 Å². The fraction of sp³-hybridized carbons (Fsp3) is 0.400. The number of benzene rings is 2. The van der Waals surface area contributed by atoms with Gasteiger partial charge in [-0.05, 0) is 35.7 Å². The fourth-order valence-corrected chi connectivity index (χ4v) is 5.81. The summed E-state index contributed by atoms with van der Waals surface area (Å²) in [4.78, 5) is 40.6. The van der Waals surface area contributed by atoms with Crippen molar-refractivity contribution in [3.05, 3.63) is 69.3 Å². The number of rotatable bonds is 6. The molecule has 1 aromatic heterocycles. The first-order chi connectivity index (χ1) is 20.1. The Morgan fingerprint density at radius 2 is 1.77 bits per heavy atom. The first kappa shape index (κ1) is 30.9. The van der Waals surface area contributed by atoms with Crippen molar-refractivity contribution in [2.45, 2.75) is 52.2 Å². The predicted molar refractivity (Wildman–Crippen MR) is 157 cm³/mol. The minimum Gasteiger partial charge on any atom is -0.478 e. The zero-order valence-corrected chi connectivity index (χ0v) is 25.3. The van der Waals surface area contributed by atoms with Crippen molar-refractivity contribution in [3.8, 4) is 11.3 Å². The molecule has 2 aliphatic heterocycles. The van der Waals surface area contributed by atoms with Crippen LogP contribution in [0.2, 0.25) is 10.0 Å². The van der Waals surface area contributed by atoms with Crippen LogP contribution in [-0.4, -0.2) is 63.0 Å². The van der Waals surface area contributed by atoms with E-state index in [-0.39, 0.29) is 51.2 Å². The van der Waals surface area contributed by atoms with Crippen molar-refractivity contribution < 1.29 is 33.0 Å². The summed E-state index contributed by atoms with van der Waals surface area (Å²) in [6.07, 6.45) is 2.19. The molecule has 2 aliphatic rings. The molecule has 2 aromatic carbocycles. The minimum atomic E-state index is -1.17.